The number of alkyl halides is 3. The molecule has 0 spiro atoms. The maximum absolute atomic E-state index is 13.3. The van der Waals surface area contributed by atoms with E-state index >= 15 is 0 Å². The molecule has 1 aliphatic rings. The maximum atomic E-state index is 13.3. The van der Waals surface area contributed by atoms with Crippen LogP contribution in [0.3, 0.4) is 0 Å². The van der Waals surface area contributed by atoms with E-state index in [4.69, 9.17) is 15.6 Å². The van der Waals surface area contributed by atoms with Crippen LogP contribution in [0.1, 0.15) is 74.8 Å². The Hall–Kier alpha value is -4.01. The fraction of sp³-hybridized carbons (Fsp3) is 0.500. The number of nitrogens with zero attached hydrogens (tertiary/aromatic N) is 6. The van der Waals surface area contributed by atoms with Gasteiger partial charge in [-0.25, -0.2) is 9.48 Å². The lowest BCUT2D eigenvalue weighted by molar-refractivity contribution is -0.137. The van der Waals surface area contributed by atoms with Crippen LogP contribution in [-0.4, -0.2) is 49.2 Å². The van der Waals surface area contributed by atoms with E-state index in [2.05, 4.69) is 11.2 Å². The Labute approximate surface area is 231 Å². The van der Waals surface area contributed by atoms with Crippen LogP contribution in [0.15, 0.2) is 30.6 Å². The molecule has 3 aromatic rings. The third-order valence-electron chi connectivity index (χ3n) is 6.70. The number of hydrogen-bond donors (Lipinski definition) is 1. The summed E-state index contributed by atoms with van der Waals surface area (Å²) in [7, 11) is 0. The van der Waals surface area contributed by atoms with Crippen molar-refractivity contribution in [3.05, 3.63) is 52.8 Å². The lowest BCUT2D eigenvalue weighted by atomic mass is 10.0. The van der Waals surface area contributed by atoms with Crippen LogP contribution in [0.5, 0.6) is 0 Å². The molecule has 4 rings (SSSR count). The molecule has 1 amide bonds. The van der Waals surface area contributed by atoms with Crippen molar-refractivity contribution >= 4 is 11.9 Å². The smallest absolute Gasteiger partial charge is 0.416 e. The van der Waals surface area contributed by atoms with Crippen molar-refractivity contribution in [1.82, 2.24) is 24.5 Å². The van der Waals surface area contributed by atoms with Crippen molar-refractivity contribution in [3.63, 3.8) is 0 Å². The number of rotatable bonds is 4. The number of amides is 1. The number of carbonyl (C=O) groups is 1. The third-order valence-corrected chi connectivity index (χ3v) is 6.70. The van der Waals surface area contributed by atoms with Crippen LogP contribution in [0.25, 0.3) is 11.3 Å². The van der Waals surface area contributed by atoms with E-state index in [9.17, 15) is 23.2 Å². The standard InChI is InChI=1S/C28H34F3N7O2/c1-18-11-19(13-21(12-18)28(29,30)31)16-37-17-20(15-34-37)24-23(14-32)25(33)38(35-24)22-7-5-9-36(10-6-8-22)26(39)40-27(2,3)4/h11-13,15,17,22H,5-10,16,33H2,1-4H3. The van der Waals surface area contributed by atoms with Gasteiger partial charge >= 0.3 is 12.3 Å². The molecule has 1 saturated heterocycles. The van der Waals surface area contributed by atoms with Gasteiger partial charge in [0.15, 0.2) is 0 Å². The summed E-state index contributed by atoms with van der Waals surface area (Å²) in [4.78, 5) is 14.2. The molecule has 0 atom stereocenters. The first kappa shape index (κ1) is 29.0. The van der Waals surface area contributed by atoms with E-state index in [1.165, 1.54) is 10.9 Å². The van der Waals surface area contributed by atoms with Gasteiger partial charge in [-0.05, 0) is 71.1 Å². The van der Waals surface area contributed by atoms with Crippen molar-refractivity contribution in [2.24, 2.45) is 0 Å². The highest BCUT2D eigenvalue weighted by Gasteiger charge is 2.31. The highest BCUT2D eigenvalue weighted by Crippen LogP contribution is 2.33. The van der Waals surface area contributed by atoms with Gasteiger partial charge in [0.05, 0.1) is 24.3 Å². The molecule has 0 unspecified atom stereocenters. The number of hydrogen-bond acceptors (Lipinski definition) is 6. The fourth-order valence-corrected chi connectivity index (χ4v) is 4.96. The van der Waals surface area contributed by atoms with Gasteiger partial charge in [-0.2, -0.15) is 28.6 Å². The van der Waals surface area contributed by atoms with E-state index in [0.29, 0.717) is 48.3 Å². The lowest BCUT2D eigenvalue weighted by Crippen LogP contribution is -2.39. The van der Waals surface area contributed by atoms with Crippen molar-refractivity contribution in [2.75, 3.05) is 18.8 Å². The topological polar surface area (TPSA) is 115 Å². The fourth-order valence-electron chi connectivity index (χ4n) is 4.96. The van der Waals surface area contributed by atoms with Gasteiger partial charge in [-0.3, -0.25) is 4.68 Å². The molecular formula is C28H34F3N7O2. The van der Waals surface area contributed by atoms with Gasteiger partial charge in [0.2, 0.25) is 0 Å². The summed E-state index contributed by atoms with van der Waals surface area (Å²) >= 11 is 0. The summed E-state index contributed by atoms with van der Waals surface area (Å²) < 4.78 is 48.5. The minimum atomic E-state index is -4.44. The van der Waals surface area contributed by atoms with E-state index in [1.807, 2.05) is 20.8 Å². The van der Waals surface area contributed by atoms with Crippen LogP contribution < -0.4 is 5.73 Å². The zero-order valence-electron chi connectivity index (χ0n) is 23.1. The number of aryl methyl sites for hydroxylation is 1. The zero-order valence-corrected chi connectivity index (χ0v) is 23.1. The average Bonchev–Trinajstić information content (AvgIpc) is 3.40. The molecular weight excluding hydrogens is 523 g/mol. The van der Waals surface area contributed by atoms with Gasteiger partial charge in [0, 0.05) is 24.8 Å². The molecule has 2 N–H and O–H groups in total. The van der Waals surface area contributed by atoms with E-state index in [-0.39, 0.29) is 30.1 Å². The second kappa shape index (κ2) is 11.2. The Kier molecular flexibility index (Phi) is 8.14. The lowest BCUT2D eigenvalue weighted by Gasteiger charge is -2.30. The summed E-state index contributed by atoms with van der Waals surface area (Å²) in [5.41, 5.74) is 7.24. The predicted octanol–water partition coefficient (Wildman–Crippen LogP) is 5.93. The Morgan fingerprint density at radius 2 is 1.85 bits per heavy atom. The first-order valence-corrected chi connectivity index (χ1v) is 13.2. The quantitative estimate of drug-likeness (QED) is 0.425. The largest absolute Gasteiger partial charge is 0.444 e. The van der Waals surface area contributed by atoms with Crippen LogP contribution in [-0.2, 0) is 17.5 Å². The van der Waals surface area contributed by atoms with Gasteiger partial charge in [-0.15, -0.1) is 0 Å². The van der Waals surface area contributed by atoms with Crippen LogP contribution in [0.4, 0.5) is 23.8 Å². The molecule has 12 heteroatoms. The average molecular weight is 558 g/mol. The number of benzene rings is 1. The number of nitrogen functional groups attached to an aromatic ring is 1. The van der Waals surface area contributed by atoms with Gasteiger partial charge < -0.3 is 15.4 Å². The second-order valence-corrected chi connectivity index (χ2v) is 11.2. The SMILES string of the molecule is Cc1cc(Cn2cc(-c3nn(C4CCCN(C(=O)OC(C)(C)C)CCC4)c(N)c3C#N)cn2)cc(C(F)(F)F)c1. The number of likely N-dealkylation sites (tertiary alicyclic amines) is 1. The molecule has 1 aliphatic heterocycles. The first-order valence-electron chi connectivity index (χ1n) is 13.2. The highest BCUT2D eigenvalue weighted by atomic mass is 19.4. The molecule has 0 saturated carbocycles. The Morgan fingerprint density at radius 3 is 2.45 bits per heavy atom. The number of anilines is 1. The first-order chi connectivity index (χ1) is 18.7. The molecule has 1 aromatic carbocycles. The molecule has 214 valence electrons. The minimum Gasteiger partial charge on any atom is -0.444 e. The number of nitrogens with two attached hydrogens (primary N) is 1. The Balaban J connectivity index is 1.50. The second-order valence-electron chi connectivity index (χ2n) is 11.2. The summed E-state index contributed by atoms with van der Waals surface area (Å²) in [5, 5.41) is 18.9. The number of carbonyl (C=O) groups excluding carboxylic acids is 1. The Bertz CT molecular complexity index is 1400. The maximum Gasteiger partial charge on any atom is 0.416 e. The summed E-state index contributed by atoms with van der Waals surface area (Å²) in [5.74, 6) is 0.258. The van der Waals surface area contributed by atoms with Crippen LogP contribution in [0, 0.1) is 18.3 Å². The Morgan fingerprint density at radius 1 is 1.18 bits per heavy atom. The van der Waals surface area contributed by atoms with Crippen molar-refractivity contribution in [2.45, 2.75) is 77.7 Å². The van der Waals surface area contributed by atoms with E-state index < -0.39 is 17.3 Å². The minimum absolute atomic E-state index is 0.0511. The number of aromatic nitrogens is 4. The van der Waals surface area contributed by atoms with Gasteiger partial charge in [-0.1, -0.05) is 11.6 Å². The molecule has 40 heavy (non-hydrogen) atoms. The third kappa shape index (κ3) is 6.76. The highest BCUT2D eigenvalue weighted by molar-refractivity contribution is 5.72. The van der Waals surface area contributed by atoms with Crippen molar-refractivity contribution in [3.8, 4) is 17.3 Å². The summed E-state index contributed by atoms with van der Waals surface area (Å²) in [6, 6.07) is 6.00. The van der Waals surface area contributed by atoms with Crippen LogP contribution in [0.2, 0.25) is 0 Å². The van der Waals surface area contributed by atoms with Crippen molar-refractivity contribution < 1.29 is 22.7 Å². The number of halogens is 3. The number of ether oxygens (including phenoxy) is 1. The molecule has 0 bridgehead atoms. The molecule has 9 nitrogen and oxygen atoms in total. The molecule has 3 heterocycles. The van der Waals surface area contributed by atoms with Gasteiger partial charge in [0.25, 0.3) is 0 Å². The molecule has 0 aliphatic carbocycles. The predicted molar refractivity (Wildman–Crippen MR) is 143 cm³/mol. The van der Waals surface area contributed by atoms with E-state index in [0.717, 1.165) is 25.0 Å². The zero-order chi connectivity index (χ0) is 29.2. The summed E-state index contributed by atoms with van der Waals surface area (Å²) in [6.07, 6.45) is 1.28. The van der Waals surface area contributed by atoms with Crippen molar-refractivity contribution in [1.29, 1.82) is 5.26 Å². The van der Waals surface area contributed by atoms with Crippen LogP contribution >= 0.6 is 0 Å². The molecule has 2 aromatic heterocycles. The summed E-state index contributed by atoms with van der Waals surface area (Å²) in [6.45, 7) is 8.36. The molecule has 0 radical (unpaired) electrons. The number of nitriles is 1. The van der Waals surface area contributed by atoms with E-state index in [1.54, 1.807) is 28.8 Å². The normalized spacial score (nSPS) is 15.4. The monoisotopic (exact) mass is 557 g/mol. The molecule has 1 fully saturated rings. The van der Waals surface area contributed by atoms with Gasteiger partial charge in [0.1, 0.15) is 28.7 Å².